The van der Waals surface area contributed by atoms with Crippen LogP contribution in [0.15, 0.2) is 24.5 Å². The fourth-order valence-electron chi connectivity index (χ4n) is 0.926. The molecule has 12 heavy (non-hydrogen) atoms. The number of hydrogen-bond donors (Lipinski definition) is 0. The standard InChI is InChI=1S/C7H4ClN3O/c8-7(12)5-4-11-6(10-5)2-1-3-9-11/h1-4H. The Morgan fingerprint density at radius 1 is 1.58 bits per heavy atom. The molecule has 0 saturated heterocycles. The molecule has 0 N–H and O–H groups in total. The van der Waals surface area contributed by atoms with Crippen molar-refractivity contribution in [2.45, 2.75) is 0 Å². The topological polar surface area (TPSA) is 47.3 Å². The highest BCUT2D eigenvalue weighted by atomic mass is 35.5. The second kappa shape index (κ2) is 2.57. The number of carbonyl (C=O) groups excluding carboxylic acids is 1. The molecule has 0 bridgehead atoms. The van der Waals surface area contributed by atoms with E-state index in [0.29, 0.717) is 5.65 Å². The molecule has 2 aromatic rings. The Labute approximate surface area is 72.8 Å². The first-order valence-corrected chi connectivity index (χ1v) is 3.65. The van der Waals surface area contributed by atoms with Gasteiger partial charge in [0.2, 0.25) is 0 Å². The first kappa shape index (κ1) is 7.24. The average Bonchev–Trinajstić information content (AvgIpc) is 2.46. The average molecular weight is 182 g/mol. The van der Waals surface area contributed by atoms with Gasteiger partial charge in [-0.3, -0.25) is 4.79 Å². The van der Waals surface area contributed by atoms with Crippen molar-refractivity contribution in [3.63, 3.8) is 0 Å². The van der Waals surface area contributed by atoms with Crippen molar-refractivity contribution < 1.29 is 4.79 Å². The normalized spacial score (nSPS) is 10.4. The lowest BCUT2D eigenvalue weighted by molar-refractivity contribution is 0.107. The summed E-state index contributed by atoms with van der Waals surface area (Å²) in [4.78, 5) is 14.6. The van der Waals surface area contributed by atoms with Crippen molar-refractivity contribution in [3.05, 3.63) is 30.2 Å². The van der Waals surface area contributed by atoms with Crippen LogP contribution in [0.5, 0.6) is 0 Å². The maximum absolute atomic E-state index is 10.7. The van der Waals surface area contributed by atoms with Crippen molar-refractivity contribution in [1.29, 1.82) is 0 Å². The predicted molar refractivity (Wildman–Crippen MR) is 43.2 cm³/mol. The van der Waals surface area contributed by atoms with Crippen LogP contribution in [0.2, 0.25) is 0 Å². The molecule has 0 spiro atoms. The van der Waals surface area contributed by atoms with E-state index in [0.717, 1.165) is 0 Å². The Morgan fingerprint density at radius 3 is 3.08 bits per heavy atom. The van der Waals surface area contributed by atoms with E-state index in [2.05, 4.69) is 10.1 Å². The number of rotatable bonds is 1. The van der Waals surface area contributed by atoms with Gasteiger partial charge in [0, 0.05) is 6.20 Å². The number of nitrogens with zero attached hydrogens (tertiary/aromatic N) is 3. The molecule has 0 aliphatic carbocycles. The van der Waals surface area contributed by atoms with Crippen molar-refractivity contribution in [2.24, 2.45) is 0 Å². The Kier molecular flexibility index (Phi) is 1.55. The zero-order valence-electron chi connectivity index (χ0n) is 5.94. The van der Waals surface area contributed by atoms with Gasteiger partial charge in [-0.25, -0.2) is 9.50 Å². The Balaban J connectivity index is 2.70. The second-order valence-corrected chi connectivity index (χ2v) is 2.57. The highest BCUT2D eigenvalue weighted by molar-refractivity contribution is 6.67. The van der Waals surface area contributed by atoms with E-state index in [9.17, 15) is 4.79 Å². The molecule has 0 atom stereocenters. The molecular weight excluding hydrogens is 178 g/mol. The smallest absolute Gasteiger partial charge is 0.272 e. The van der Waals surface area contributed by atoms with Gasteiger partial charge in [-0.05, 0) is 23.7 Å². The molecule has 0 aliphatic heterocycles. The van der Waals surface area contributed by atoms with Crippen molar-refractivity contribution in [1.82, 2.24) is 14.6 Å². The van der Waals surface area contributed by atoms with Crippen LogP contribution >= 0.6 is 11.6 Å². The molecule has 0 aromatic carbocycles. The van der Waals surface area contributed by atoms with Crippen LogP contribution in [0.1, 0.15) is 10.5 Å². The van der Waals surface area contributed by atoms with Gasteiger partial charge in [0.25, 0.3) is 5.24 Å². The lowest BCUT2D eigenvalue weighted by Crippen LogP contribution is -1.87. The summed E-state index contributed by atoms with van der Waals surface area (Å²) in [5, 5.41) is 3.36. The van der Waals surface area contributed by atoms with Gasteiger partial charge >= 0.3 is 0 Å². The third kappa shape index (κ3) is 1.06. The molecule has 5 heteroatoms. The van der Waals surface area contributed by atoms with Crippen molar-refractivity contribution >= 4 is 22.5 Å². The highest BCUT2D eigenvalue weighted by Gasteiger charge is 2.06. The quantitative estimate of drug-likeness (QED) is 0.620. The fourth-order valence-corrected chi connectivity index (χ4v) is 1.02. The maximum atomic E-state index is 10.7. The van der Waals surface area contributed by atoms with Gasteiger partial charge in [0.1, 0.15) is 5.69 Å². The van der Waals surface area contributed by atoms with E-state index < -0.39 is 5.24 Å². The summed E-state index contributed by atoms with van der Waals surface area (Å²) in [6, 6.07) is 3.49. The van der Waals surface area contributed by atoms with Crippen LogP contribution in [0.4, 0.5) is 0 Å². The Morgan fingerprint density at radius 2 is 2.42 bits per heavy atom. The zero-order valence-corrected chi connectivity index (χ0v) is 6.69. The van der Waals surface area contributed by atoms with E-state index in [-0.39, 0.29) is 5.69 Å². The van der Waals surface area contributed by atoms with Crippen molar-refractivity contribution in [3.8, 4) is 0 Å². The second-order valence-electron chi connectivity index (χ2n) is 2.23. The molecule has 2 aromatic heterocycles. The molecule has 0 amide bonds. The minimum Gasteiger partial charge on any atom is -0.274 e. The molecule has 0 unspecified atom stereocenters. The van der Waals surface area contributed by atoms with Crippen LogP contribution < -0.4 is 0 Å². The summed E-state index contributed by atoms with van der Waals surface area (Å²) in [6.07, 6.45) is 3.10. The summed E-state index contributed by atoms with van der Waals surface area (Å²) in [7, 11) is 0. The van der Waals surface area contributed by atoms with Crippen LogP contribution in [-0.2, 0) is 0 Å². The molecule has 2 rings (SSSR count). The van der Waals surface area contributed by atoms with Gasteiger partial charge in [-0.15, -0.1) is 0 Å². The van der Waals surface area contributed by atoms with Gasteiger partial charge in [-0.1, -0.05) is 0 Å². The molecule has 0 saturated carbocycles. The van der Waals surface area contributed by atoms with Gasteiger partial charge in [0.05, 0.1) is 6.20 Å². The van der Waals surface area contributed by atoms with Crippen LogP contribution in [0, 0.1) is 0 Å². The number of halogens is 1. The first-order chi connectivity index (χ1) is 5.77. The van der Waals surface area contributed by atoms with E-state index in [1.807, 2.05) is 0 Å². The third-order valence-corrected chi connectivity index (χ3v) is 1.63. The van der Waals surface area contributed by atoms with E-state index in [1.54, 1.807) is 18.3 Å². The van der Waals surface area contributed by atoms with Gasteiger partial charge < -0.3 is 0 Å². The number of imidazole rings is 1. The van der Waals surface area contributed by atoms with Crippen LogP contribution in [0.25, 0.3) is 5.65 Å². The number of fused-ring (bicyclic) bond motifs is 1. The molecule has 0 fully saturated rings. The Hall–Kier alpha value is -1.42. The number of hydrogen-bond acceptors (Lipinski definition) is 3. The summed E-state index contributed by atoms with van der Waals surface area (Å²) in [5.74, 6) is 0. The molecule has 0 aliphatic rings. The third-order valence-electron chi connectivity index (χ3n) is 1.44. The van der Waals surface area contributed by atoms with E-state index >= 15 is 0 Å². The predicted octanol–water partition coefficient (Wildman–Crippen LogP) is 1.11. The number of aromatic nitrogens is 3. The summed E-state index contributed by atoms with van der Waals surface area (Å²) < 4.78 is 1.50. The number of carbonyl (C=O) groups is 1. The lowest BCUT2D eigenvalue weighted by atomic mass is 10.5. The van der Waals surface area contributed by atoms with Crippen molar-refractivity contribution in [2.75, 3.05) is 0 Å². The van der Waals surface area contributed by atoms with Gasteiger partial charge in [-0.2, -0.15) is 5.10 Å². The summed E-state index contributed by atoms with van der Waals surface area (Å²) in [6.45, 7) is 0. The highest BCUT2D eigenvalue weighted by Crippen LogP contribution is 2.04. The van der Waals surface area contributed by atoms with E-state index in [4.69, 9.17) is 11.6 Å². The van der Waals surface area contributed by atoms with Gasteiger partial charge in [0.15, 0.2) is 5.65 Å². The van der Waals surface area contributed by atoms with Crippen LogP contribution in [0.3, 0.4) is 0 Å². The SMILES string of the molecule is O=C(Cl)c1cn2ncccc2n1. The van der Waals surface area contributed by atoms with Crippen LogP contribution in [-0.4, -0.2) is 19.8 Å². The molecule has 2 heterocycles. The zero-order chi connectivity index (χ0) is 8.55. The largest absolute Gasteiger partial charge is 0.274 e. The maximum Gasteiger partial charge on any atom is 0.272 e. The first-order valence-electron chi connectivity index (χ1n) is 3.27. The summed E-state index contributed by atoms with van der Waals surface area (Å²) >= 11 is 5.23. The molecule has 0 radical (unpaired) electrons. The molecule has 60 valence electrons. The monoisotopic (exact) mass is 181 g/mol. The minimum absolute atomic E-state index is 0.218. The summed E-state index contributed by atoms with van der Waals surface area (Å²) in [5.41, 5.74) is 0.830. The minimum atomic E-state index is -0.569. The van der Waals surface area contributed by atoms with E-state index in [1.165, 1.54) is 10.7 Å². The Bertz CT molecular complexity index is 404. The molecular formula is C7H4ClN3O. The fraction of sp³-hybridized carbons (Fsp3) is 0. The lowest BCUT2D eigenvalue weighted by Gasteiger charge is -1.85. The molecule has 4 nitrogen and oxygen atoms in total.